The number of nitrogens with one attached hydrogen (secondary N) is 1. The average Bonchev–Trinajstić information content (AvgIpc) is 2.75. The average molecular weight is 239 g/mol. The van der Waals surface area contributed by atoms with E-state index in [1.165, 1.54) is 42.7 Å². The van der Waals surface area contributed by atoms with Crippen LogP contribution in [0.3, 0.4) is 0 Å². The van der Waals surface area contributed by atoms with Crippen LogP contribution in [0.5, 0.6) is 0 Å². The number of rotatable bonds is 4. The van der Waals surface area contributed by atoms with Crippen molar-refractivity contribution in [3.63, 3.8) is 0 Å². The molecule has 1 fully saturated rings. The SMILES string of the molecule is CC(C)NCc1snnc1C1CCCCC1. The summed E-state index contributed by atoms with van der Waals surface area (Å²) in [6, 6.07) is 0.529. The smallest absolute Gasteiger partial charge is 0.0831 e. The maximum absolute atomic E-state index is 4.35. The molecular formula is C12H21N3S. The van der Waals surface area contributed by atoms with Gasteiger partial charge in [0.05, 0.1) is 10.6 Å². The molecule has 0 spiro atoms. The summed E-state index contributed by atoms with van der Waals surface area (Å²) >= 11 is 1.56. The molecule has 1 N–H and O–H groups in total. The van der Waals surface area contributed by atoms with Crippen molar-refractivity contribution >= 4 is 11.5 Å². The maximum atomic E-state index is 4.35. The van der Waals surface area contributed by atoms with Gasteiger partial charge in [-0.3, -0.25) is 0 Å². The molecule has 1 heterocycles. The van der Waals surface area contributed by atoms with Gasteiger partial charge in [-0.15, -0.1) is 5.10 Å². The van der Waals surface area contributed by atoms with Crippen molar-refractivity contribution < 1.29 is 0 Å². The zero-order valence-corrected chi connectivity index (χ0v) is 11.0. The van der Waals surface area contributed by atoms with Crippen molar-refractivity contribution in [3.05, 3.63) is 10.6 Å². The normalized spacial score (nSPS) is 18.2. The highest BCUT2D eigenvalue weighted by molar-refractivity contribution is 7.05. The van der Waals surface area contributed by atoms with Crippen LogP contribution in [0.15, 0.2) is 0 Å². The Kier molecular flexibility index (Phi) is 4.29. The molecule has 1 aromatic rings. The molecule has 0 bridgehead atoms. The van der Waals surface area contributed by atoms with Crippen molar-refractivity contribution in [3.8, 4) is 0 Å². The molecule has 0 saturated heterocycles. The van der Waals surface area contributed by atoms with E-state index in [1.807, 2.05) is 0 Å². The van der Waals surface area contributed by atoms with Gasteiger partial charge in [0.25, 0.3) is 0 Å². The van der Waals surface area contributed by atoms with Crippen LogP contribution in [0.25, 0.3) is 0 Å². The standard InChI is InChI=1S/C12H21N3S/c1-9(2)13-8-11-12(14-15-16-11)10-6-4-3-5-7-10/h9-10,13H,3-8H2,1-2H3. The van der Waals surface area contributed by atoms with E-state index in [9.17, 15) is 0 Å². The van der Waals surface area contributed by atoms with Gasteiger partial charge in [0, 0.05) is 18.5 Å². The molecule has 1 aliphatic rings. The first-order chi connectivity index (χ1) is 7.77. The van der Waals surface area contributed by atoms with E-state index in [1.54, 1.807) is 11.5 Å². The summed E-state index contributed by atoms with van der Waals surface area (Å²) in [4.78, 5) is 1.35. The zero-order valence-electron chi connectivity index (χ0n) is 10.2. The Labute approximate surface area is 102 Å². The molecule has 2 rings (SSSR count). The van der Waals surface area contributed by atoms with Crippen LogP contribution < -0.4 is 5.32 Å². The minimum Gasteiger partial charge on any atom is -0.310 e. The van der Waals surface area contributed by atoms with E-state index < -0.39 is 0 Å². The first-order valence-electron chi connectivity index (χ1n) is 6.32. The molecule has 0 unspecified atom stereocenters. The molecule has 1 aliphatic carbocycles. The molecule has 4 heteroatoms. The van der Waals surface area contributed by atoms with E-state index >= 15 is 0 Å². The summed E-state index contributed by atoms with van der Waals surface area (Å²) in [6.07, 6.45) is 6.73. The van der Waals surface area contributed by atoms with E-state index in [0.717, 1.165) is 6.54 Å². The van der Waals surface area contributed by atoms with Crippen LogP contribution >= 0.6 is 11.5 Å². The molecule has 0 aromatic carbocycles. The second kappa shape index (κ2) is 5.73. The fourth-order valence-electron chi connectivity index (χ4n) is 2.32. The molecule has 1 saturated carbocycles. The van der Waals surface area contributed by atoms with Gasteiger partial charge in [-0.25, -0.2) is 0 Å². The molecule has 0 radical (unpaired) electrons. The molecule has 90 valence electrons. The number of nitrogens with zero attached hydrogens (tertiary/aromatic N) is 2. The quantitative estimate of drug-likeness (QED) is 0.877. The van der Waals surface area contributed by atoms with E-state index in [2.05, 4.69) is 28.8 Å². The van der Waals surface area contributed by atoms with Gasteiger partial charge in [-0.1, -0.05) is 37.6 Å². The fraction of sp³-hybridized carbons (Fsp3) is 0.833. The molecular weight excluding hydrogens is 218 g/mol. The van der Waals surface area contributed by atoms with Crippen molar-refractivity contribution in [2.75, 3.05) is 0 Å². The lowest BCUT2D eigenvalue weighted by atomic mass is 9.86. The van der Waals surface area contributed by atoms with Crippen LogP contribution in [0.1, 0.15) is 62.4 Å². The fourth-order valence-corrected chi connectivity index (χ4v) is 3.00. The van der Waals surface area contributed by atoms with E-state index in [0.29, 0.717) is 12.0 Å². The lowest BCUT2D eigenvalue weighted by Gasteiger charge is -2.20. The Morgan fingerprint density at radius 1 is 1.31 bits per heavy atom. The number of hydrogen-bond acceptors (Lipinski definition) is 4. The third-order valence-electron chi connectivity index (χ3n) is 3.25. The summed E-state index contributed by atoms with van der Waals surface area (Å²) in [5, 5.41) is 7.80. The molecule has 0 amide bonds. The van der Waals surface area contributed by atoms with Crippen LogP contribution in [0.2, 0.25) is 0 Å². The second-order valence-corrected chi connectivity index (χ2v) is 5.79. The van der Waals surface area contributed by atoms with E-state index in [4.69, 9.17) is 0 Å². The second-order valence-electron chi connectivity index (χ2n) is 4.95. The zero-order chi connectivity index (χ0) is 11.4. The topological polar surface area (TPSA) is 37.8 Å². The summed E-state index contributed by atoms with van der Waals surface area (Å²) in [5.74, 6) is 0.677. The number of hydrogen-bond donors (Lipinski definition) is 1. The largest absolute Gasteiger partial charge is 0.310 e. The van der Waals surface area contributed by atoms with Crippen molar-refractivity contribution in [1.82, 2.24) is 14.9 Å². The van der Waals surface area contributed by atoms with Crippen LogP contribution in [0, 0.1) is 0 Å². The molecule has 16 heavy (non-hydrogen) atoms. The van der Waals surface area contributed by atoms with Crippen LogP contribution in [0.4, 0.5) is 0 Å². The van der Waals surface area contributed by atoms with Gasteiger partial charge in [0.2, 0.25) is 0 Å². The van der Waals surface area contributed by atoms with Crippen molar-refractivity contribution in [2.45, 2.75) is 64.5 Å². The first kappa shape index (κ1) is 12.0. The highest BCUT2D eigenvalue weighted by atomic mass is 32.1. The lowest BCUT2D eigenvalue weighted by Crippen LogP contribution is -2.22. The van der Waals surface area contributed by atoms with Gasteiger partial charge < -0.3 is 5.32 Å². The maximum Gasteiger partial charge on any atom is 0.0831 e. The predicted molar refractivity (Wildman–Crippen MR) is 67.7 cm³/mol. The van der Waals surface area contributed by atoms with Crippen LogP contribution in [-0.4, -0.2) is 15.6 Å². The minimum atomic E-state index is 0.529. The summed E-state index contributed by atoms with van der Waals surface area (Å²) in [6.45, 7) is 5.28. The monoisotopic (exact) mass is 239 g/mol. The third-order valence-corrected chi connectivity index (χ3v) is 3.99. The summed E-state index contributed by atoms with van der Waals surface area (Å²) in [5.41, 5.74) is 1.28. The predicted octanol–water partition coefficient (Wildman–Crippen LogP) is 3.08. The third kappa shape index (κ3) is 3.01. The van der Waals surface area contributed by atoms with Crippen LogP contribution in [-0.2, 0) is 6.54 Å². The Hall–Kier alpha value is -0.480. The highest BCUT2D eigenvalue weighted by Gasteiger charge is 2.21. The van der Waals surface area contributed by atoms with Crippen molar-refractivity contribution in [2.24, 2.45) is 0 Å². The van der Waals surface area contributed by atoms with Crippen molar-refractivity contribution in [1.29, 1.82) is 0 Å². The Bertz CT molecular complexity index is 316. The molecule has 3 nitrogen and oxygen atoms in total. The Balaban J connectivity index is 2.00. The molecule has 0 aliphatic heterocycles. The first-order valence-corrected chi connectivity index (χ1v) is 7.09. The lowest BCUT2D eigenvalue weighted by molar-refractivity contribution is 0.433. The number of aromatic nitrogens is 2. The molecule has 1 aromatic heterocycles. The Morgan fingerprint density at radius 3 is 2.75 bits per heavy atom. The summed E-state index contributed by atoms with van der Waals surface area (Å²) in [7, 11) is 0. The summed E-state index contributed by atoms with van der Waals surface area (Å²) < 4.78 is 4.13. The van der Waals surface area contributed by atoms with Gasteiger partial charge in [0.15, 0.2) is 0 Å². The highest BCUT2D eigenvalue weighted by Crippen LogP contribution is 2.34. The Morgan fingerprint density at radius 2 is 2.06 bits per heavy atom. The van der Waals surface area contributed by atoms with Gasteiger partial charge in [-0.2, -0.15) is 0 Å². The molecule has 0 atom stereocenters. The van der Waals surface area contributed by atoms with Gasteiger partial charge >= 0.3 is 0 Å². The van der Waals surface area contributed by atoms with E-state index in [-0.39, 0.29) is 0 Å². The van der Waals surface area contributed by atoms with Gasteiger partial charge in [-0.05, 0) is 24.4 Å². The minimum absolute atomic E-state index is 0.529. The van der Waals surface area contributed by atoms with Gasteiger partial charge in [0.1, 0.15) is 0 Å².